The number of carbonyl (C=O) groups is 1. The summed E-state index contributed by atoms with van der Waals surface area (Å²) in [6.45, 7) is 4.95. The lowest BCUT2D eigenvalue weighted by atomic mass is 9.83. The molecule has 0 saturated heterocycles. The highest BCUT2D eigenvalue weighted by atomic mass is 35.5. The van der Waals surface area contributed by atoms with E-state index in [4.69, 9.17) is 36.3 Å². The molecule has 7 nitrogen and oxygen atoms in total. The second-order valence-corrected chi connectivity index (χ2v) is 8.44. The summed E-state index contributed by atoms with van der Waals surface area (Å²) < 4.78 is 22.9. The molecule has 0 spiro atoms. The van der Waals surface area contributed by atoms with Crippen LogP contribution >= 0.6 is 11.6 Å². The van der Waals surface area contributed by atoms with Crippen LogP contribution in [0, 0.1) is 11.3 Å². The maximum Gasteiger partial charge on any atom is 0.343 e. The molecule has 0 amide bonds. The quantitative estimate of drug-likeness (QED) is 0.298. The molecule has 184 valence electrons. The predicted molar refractivity (Wildman–Crippen MR) is 136 cm³/mol. The second-order valence-electron chi connectivity index (χ2n) is 8.01. The Morgan fingerprint density at radius 1 is 1.06 bits per heavy atom. The zero-order chi connectivity index (χ0) is 25.7. The minimum Gasteiger partial charge on any atom is -0.490 e. The number of nitrogens with two attached hydrogens (primary N) is 1. The second kappa shape index (κ2) is 11.1. The normalized spacial score (nSPS) is 14.3. The third kappa shape index (κ3) is 5.24. The Morgan fingerprint density at radius 3 is 2.53 bits per heavy atom. The van der Waals surface area contributed by atoms with Crippen molar-refractivity contribution < 1.29 is 23.7 Å². The Hall–Kier alpha value is -4.15. The smallest absolute Gasteiger partial charge is 0.343 e. The van der Waals surface area contributed by atoms with Crippen LogP contribution in [0.3, 0.4) is 0 Å². The van der Waals surface area contributed by atoms with E-state index in [1.54, 1.807) is 42.5 Å². The van der Waals surface area contributed by atoms with Crippen LogP contribution in [0.1, 0.15) is 47.7 Å². The molecule has 3 aromatic rings. The average molecular weight is 505 g/mol. The van der Waals surface area contributed by atoms with E-state index >= 15 is 0 Å². The van der Waals surface area contributed by atoms with E-state index in [2.05, 4.69) is 6.07 Å². The number of nitrogens with zero attached hydrogens (tertiary/aromatic N) is 1. The fourth-order valence-electron chi connectivity index (χ4n) is 3.90. The zero-order valence-electron chi connectivity index (χ0n) is 19.9. The molecule has 0 saturated carbocycles. The van der Waals surface area contributed by atoms with E-state index in [0.717, 1.165) is 12.0 Å². The molecule has 1 unspecified atom stereocenters. The van der Waals surface area contributed by atoms with Crippen LogP contribution in [0.4, 0.5) is 0 Å². The van der Waals surface area contributed by atoms with Crippen LogP contribution < -0.4 is 24.7 Å². The Kier molecular flexibility index (Phi) is 7.67. The number of esters is 1. The van der Waals surface area contributed by atoms with Crippen LogP contribution in [-0.4, -0.2) is 19.2 Å². The van der Waals surface area contributed by atoms with Gasteiger partial charge in [-0.2, -0.15) is 5.26 Å². The van der Waals surface area contributed by atoms with Gasteiger partial charge in [0.25, 0.3) is 0 Å². The van der Waals surface area contributed by atoms with Crippen molar-refractivity contribution in [3.8, 4) is 29.1 Å². The summed E-state index contributed by atoms with van der Waals surface area (Å²) in [6, 6.07) is 19.1. The Bertz CT molecular complexity index is 1350. The molecule has 3 aromatic carbocycles. The van der Waals surface area contributed by atoms with E-state index in [1.807, 2.05) is 32.0 Å². The third-order valence-corrected chi connectivity index (χ3v) is 5.80. The van der Waals surface area contributed by atoms with Crippen LogP contribution in [0.15, 0.2) is 72.1 Å². The van der Waals surface area contributed by atoms with E-state index < -0.39 is 11.9 Å². The number of hydrogen-bond acceptors (Lipinski definition) is 7. The van der Waals surface area contributed by atoms with Gasteiger partial charge in [0.1, 0.15) is 23.1 Å². The number of carbonyl (C=O) groups excluding carboxylic acids is 1. The monoisotopic (exact) mass is 504 g/mol. The number of nitriles is 1. The lowest BCUT2D eigenvalue weighted by Crippen LogP contribution is -2.21. The zero-order valence-corrected chi connectivity index (χ0v) is 20.7. The topological polar surface area (TPSA) is 104 Å². The first-order valence-corrected chi connectivity index (χ1v) is 11.9. The first kappa shape index (κ1) is 25.0. The van der Waals surface area contributed by atoms with E-state index in [9.17, 15) is 10.1 Å². The lowest BCUT2D eigenvalue weighted by molar-refractivity contribution is 0.0734. The van der Waals surface area contributed by atoms with Crippen LogP contribution in [0.5, 0.6) is 23.0 Å². The van der Waals surface area contributed by atoms with Gasteiger partial charge in [-0.15, -0.1) is 0 Å². The maximum atomic E-state index is 12.5. The number of fused-ring (bicyclic) bond motifs is 1. The average Bonchev–Trinajstić information content (AvgIpc) is 2.87. The Balaban J connectivity index is 1.69. The van der Waals surface area contributed by atoms with Crippen molar-refractivity contribution in [2.24, 2.45) is 5.73 Å². The van der Waals surface area contributed by atoms with Crippen molar-refractivity contribution in [2.45, 2.75) is 26.2 Å². The number of allylic oxidation sites excluding steroid dienone is 1. The molecule has 0 aliphatic carbocycles. The van der Waals surface area contributed by atoms with E-state index in [0.29, 0.717) is 46.6 Å². The summed E-state index contributed by atoms with van der Waals surface area (Å²) in [7, 11) is 0. The van der Waals surface area contributed by atoms with Crippen molar-refractivity contribution >= 4 is 17.6 Å². The SMILES string of the molecule is CCCOc1ccc(C2C(C#N)=C(N)Oc3cc(OC(=O)c4ccc(Cl)cc4)ccc32)cc1OCC. The Morgan fingerprint density at radius 2 is 1.83 bits per heavy atom. The van der Waals surface area contributed by atoms with Crippen molar-refractivity contribution in [3.05, 3.63) is 93.8 Å². The fourth-order valence-corrected chi connectivity index (χ4v) is 4.02. The van der Waals surface area contributed by atoms with E-state index in [1.165, 1.54) is 0 Å². The van der Waals surface area contributed by atoms with Crippen molar-refractivity contribution in [1.29, 1.82) is 5.26 Å². The van der Waals surface area contributed by atoms with Gasteiger partial charge in [-0.25, -0.2) is 4.79 Å². The Labute approximate surface area is 214 Å². The summed E-state index contributed by atoms with van der Waals surface area (Å²) >= 11 is 5.89. The lowest BCUT2D eigenvalue weighted by Gasteiger charge is -2.27. The van der Waals surface area contributed by atoms with Gasteiger partial charge in [-0.3, -0.25) is 0 Å². The highest BCUT2D eigenvalue weighted by Gasteiger charge is 2.32. The maximum absolute atomic E-state index is 12.5. The molecule has 1 aliphatic heterocycles. The fraction of sp³-hybridized carbons (Fsp3) is 0.214. The molecule has 2 N–H and O–H groups in total. The van der Waals surface area contributed by atoms with Gasteiger partial charge < -0.3 is 24.7 Å². The molecule has 1 aliphatic rings. The molecule has 0 aromatic heterocycles. The number of hydrogen-bond donors (Lipinski definition) is 1. The highest BCUT2D eigenvalue weighted by Crippen LogP contribution is 2.45. The van der Waals surface area contributed by atoms with Gasteiger partial charge in [-0.1, -0.05) is 30.7 Å². The van der Waals surface area contributed by atoms with Crippen LogP contribution in [0.25, 0.3) is 0 Å². The van der Waals surface area contributed by atoms with Crippen molar-refractivity contribution in [3.63, 3.8) is 0 Å². The van der Waals surface area contributed by atoms with Gasteiger partial charge >= 0.3 is 5.97 Å². The standard InChI is InChI=1S/C28H25ClN2O5/c1-3-13-34-23-12-7-18(14-25(23)33-4-2)26-21-11-10-20(15-24(21)36-27(31)22(26)16-30)35-28(32)17-5-8-19(29)9-6-17/h5-12,14-15,26H,3-4,13,31H2,1-2H3. The van der Waals surface area contributed by atoms with Gasteiger partial charge in [0.2, 0.25) is 5.88 Å². The molecular formula is C28H25ClN2O5. The van der Waals surface area contributed by atoms with E-state index in [-0.39, 0.29) is 17.2 Å². The van der Waals surface area contributed by atoms with Gasteiger partial charge in [0.05, 0.1) is 24.7 Å². The minimum atomic E-state index is -0.538. The largest absolute Gasteiger partial charge is 0.490 e. The van der Waals surface area contributed by atoms with Crippen LogP contribution in [-0.2, 0) is 0 Å². The molecule has 0 bridgehead atoms. The number of ether oxygens (including phenoxy) is 4. The van der Waals surface area contributed by atoms with Gasteiger partial charge in [0, 0.05) is 16.7 Å². The number of halogens is 1. The molecule has 0 radical (unpaired) electrons. The molecule has 1 heterocycles. The van der Waals surface area contributed by atoms with Crippen molar-refractivity contribution in [2.75, 3.05) is 13.2 Å². The first-order chi connectivity index (χ1) is 17.4. The molecule has 8 heteroatoms. The summed E-state index contributed by atoms with van der Waals surface area (Å²) in [5, 5.41) is 10.4. The molecule has 0 fully saturated rings. The van der Waals surface area contributed by atoms with Gasteiger partial charge in [-0.05, 0) is 61.4 Å². The summed E-state index contributed by atoms with van der Waals surface area (Å²) in [4.78, 5) is 12.5. The molecule has 4 rings (SSSR count). The third-order valence-electron chi connectivity index (χ3n) is 5.54. The number of rotatable bonds is 8. The first-order valence-electron chi connectivity index (χ1n) is 11.5. The minimum absolute atomic E-state index is 0.0135. The van der Waals surface area contributed by atoms with Crippen LogP contribution in [0.2, 0.25) is 5.02 Å². The van der Waals surface area contributed by atoms with Gasteiger partial charge in [0.15, 0.2) is 11.5 Å². The number of benzene rings is 3. The summed E-state index contributed by atoms with van der Waals surface area (Å²) in [5.41, 5.74) is 8.27. The molecular weight excluding hydrogens is 480 g/mol. The molecule has 36 heavy (non-hydrogen) atoms. The van der Waals surface area contributed by atoms with Crippen molar-refractivity contribution in [1.82, 2.24) is 0 Å². The highest BCUT2D eigenvalue weighted by molar-refractivity contribution is 6.30. The molecule has 1 atom stereocenters. The summed E-state index contributed by atoms with van der Waals surface area (Å²) in [5.74, 6) is 0.834. The predicted octanol–water partition coefficient (Wildman–Crippen LogP) is 5.96. The summed E-state index contributed by atoms with van der Waals surface area (Å²) in [6.07, 6.45) is 0.865.